The van der Waals surface area contributed by atoms with Crippen molar-refractivity contribution >= 4 is 0 Å². The molecule has 6 unspecified atom stereocenters. The lowest BCUT2D eigenvalue weighted by atomic mass is 9.99. The lowest BCUT2D eigenvalue weighted by molar-refractivity contribution is -0.277. The van der Waals surface area contributed by atoms with Gasteiger partial charge in [-0.2, -0.15) is 0 Å². The van der Waals surface area contributed by atoms with Gasteiger partial charge in [-0.05, 0) is 25.5 Å². The number of rotatable bonds is 4. The van der Waals surface area contributed by atoms with Crippen LogP contribution in [-0.2, 0) is 4.74 Å². The van der Waals surface area contributed by atoms with Crippen LogP contribution in [0.3, 0.4) is 0 Å². The van der Waals surface area contributed by atoms with Crippen LogP contribution in [0.1, 0.15) is 24.2 Å². The van der Waals surface area contributed by atoms with E-state index < -0.39 is 43.4 Å². The number of aliphatic hydroxyl groups is 5. The van der Waals surface area contributed by atoms with Crippen LogP contribution in [0.5, 0.6) is 5.75 Å². The zero-order valence-corrected chi connectivity index (χ0v) is 12.5. The molecule has 0 aromatic heterocycles. The van der Waals surface area contributed by atoms with Crippen LogP contribution in [0.15, 0.2) is 18.2 Å². The fraction of sp³-hybridized carbons (Fsp3) is 0.600. The largest absolute Gasteiger partial charge is 0.462 e. The number of benzene rings is 1. The second-order valence-electron chi connectivity index (χ2n) is 5.48. The van der Waals surface area contributed by atoms with Crippen molar-refractivity contribution in [3.63, 3.8) is 0 Å². The Balaban J connectivity index is 2.25. The van der Waals surface area contributed by atoms with E-state index in [0.29, 0.717) is 11.3 Å². The normalized spacial score (nSPS) is 33.5. The summed E-state index contributed by atoms with van der Waals surface area (Å²) in [4.78, 5) is 0. The maximum atomic E-state index is 9.98. The molecule has 5 N–H and O–H groups in total. The Kier molecular flexibility index (Phi) is 5.38. The van der Waals surface area contributed by atoms with Crippen molar-refractivity contribution in [2.75, 3.05) is 6.61 Å². The van der Waals surface area contributed by atoms with E-state index in [2.05, 4.69) is 0 Å². The number of ether oxygens (including phenoxy) is 2. The molecule has 1 aliphatic heterocycles. The Morgan fingerprint density at radius 2 is 1.86 bits per heavy atom. The third-order valence-electron chi connectivity index (χ3n) is 3.79. The average Bonchev–Trinajstić information content (AvgIpc) is 2.47. The first kappa shape index (κ1) is 17.1. The van der Waals surface area contributed by atoms with Crippen LogP contribution in [0.25, 0.3) is 0 Å². The maximum absolute atomic E-state index is 9.98. The third kappa shape index (κ3) is 3.24. The van der Waals surface area contributed by atoms with Crippen LogP contribution in [0, 0.1) is 6.92 Å². The van der Waals surface area contributed by atoms with E-state index in [-0.39, 0.29) is 0 Å². The number of aliphatic hydroxyl groups excluding tert-OH is 5. The van der Waals surface area contributed by atoms with E-state index in [0.717, 1.165) is 5.56 Å². The second kappa shape index (κ2) is 6.91. The molecule has 0 radical (unpaired) electrons. The summed E-state index contributed by atoms with van der Waals surface area (Å²) < 4.78 is 10.9. The highest BCUT2D eigenvalue weighted by Crippen LogP contribution is 2.31. The van der Waals surface area contributed by atoms with Gasteiger partial charge < -0.3 is 35.0 Å². The summed E-state index contributed by atoms with van der Waals surface area (Å²) in [7, 11) is 0. The highest BCUT2D eigenvalue weighted by atomic mass is 16.7. The van der Waals surface area contributed by atoms with Crippen molar-refractivity contribution in [1.29, 1.82) is 0 Å². The second-order valence-corrected chi connectivity index (χ2v) is 5.48. The fourth-order valence-electron chi connectivity index (χ4n) is 2.58. The van der Waals surface area contributed by atoms with Gasteiger partial charge in [-0.1, -0.05) is 12.1 Å². The molecule has 0 bridgehead atoms. The van der Waals surface area contributed by atoms with Gasteiger partial charge in [0.25, 0.3) is 0 Å². The van der Waals surface area contributed by atoms with E-state index in [1.165, 1.54) is 0 Å². The van der Waals surface area contributed by atoms with Gasteiger partial charge in [-0.25, -0.2) is 0 Å². The van der Waals surface area contributed by atoms with Gasteiger partial charge in [0.15, 0.2) is 0 Å². The summed E-state index contributed by atoms with van der Waals surface area (Å²) >= 11 is 0. The molecule has 0 aliphatic carbocycles. The number of aryl methyl sites for hydroxylation is 1. The van der Waals surface area contributed by atoms with E-state index in [9.17, 15) is 20.4 Å². The standard InChI is InChI=1S/C15H22O7/c1-7-4-3-5-9(11(7)8(2)17)21-15-14(20)13(19)12(18)10(6-16)22-15/h3-5,8,10,12-20H,6H2,1-2H3. The Labute approximate surface area is 128 Å². The molecule has 1 aromatic rings. The molecule has 1 aliphatic rings. The van der Waals surface area contributed by atoms with Crippen molar-refractivity contribution in [2.45, 2.75) is 50.7 Å². The molecule has 22 heavy (non-hydrogen) atoms. The van der Waals surface area contributed by atoms with Gasteiger partial charge in [0.05, 0.1) is 12.7 Å². The number of hydrogen-bond donors (Lipinski definition) is 5. The van der Waals surface area contributed by atoms with Gasteiger partial charge in [0.1, 0.15) is 30.2 Å². The molecular weight excluding hydrogens is 292 g/mol. The summed E-state index contributed by atoms with van der Waals surface area (Å²) in [6.45, 7) is 2.87. The molecule has 6 atom stereocenters. The zero-order valence-electron chi connectivity index (χ0n) is 12.5. The van der Waals surface area contributed by atoms with E-state index in [1.54, 1.807) is 19.1 Å². The summed E-state index contributed by atoms with van der Waals surface area (Å²) in [5.41, 5.74) is 1.34. The molecule has 1 heterocycles. The van der Waals surface area contributed by atoms with Crippen molar-refractivity contribution in [3.8, 4) is 5.75 Å². The third-order valence-corrected chi connectivity index (χ3v) is 3.79. The minimum atomic E-state index is -1.50. The van der Waals surface area contributed by atoms with Crippen molar-refractivity contribution in [3.05, 3.63) is 29.3 Å². The molecule has 1 saturated heterocycles. The smallest absolute Gasteiger partial charge is 0.229 e. The molecule has 0 saturated carbocycles. The molecule has 0 spiro atoms. The molecule has 7 nitrogen and oxygen atoms in total. The lowest BCUT2D eigenvalue weighted by Crippen LogP contribution is -2.60. The molecule has 7 heteroatoms. The first-order valence-electron chi connectivity index (χ1n) is 7.11. The summed E-state index contributed by atoms with van der Waals surface area (Å²) in [5, 5.41) is 48.5. The Bertz CT molecular complexity index is 503. The minimum absolute atomic E-state index is 0.305. The van der Waals surface area contributed by atoms with Gasteiger partial charge in [-0.15, -0.1) is 0 Å². The molecule has 2 rings (SSSR count). The van der Waals surface area contributed by atoms with Crippen molar-refractivity contribution in [2.24, 2.45) is 0 Å². The first-order valence-corrected chi connectivity index (χ1v) is 7.11. The number of hydrogen-bond acceptors (Lipinski definition) is 7. The predicted molar refractivity (Wildman–Crippen MR) is 76.2 cm³/mol. The first-order chi connectivity index (χ1) is 10.4. The van der Waals surface area contributed by atoms with Crippen LogP contribution >= 0.6 is 0 Å². The average molecular weight is 314 g/mol. The fourth-order valence-corrected chi connectivity index (χ4v) is 2.58. The highest BCUT2D eigenvalue weighted by molar-refractivity contribution is 5.41. The predicted octanol–water partition coefficient (Wildman–Crippen LogP) is -0.773. The van der Waals surface area contributed by atoms with Gasteiger partial charge >= 0.3 is 0 Å². The maximum Gasteiger partial charge on any atom is 0.229 e. The summed E-state index contributed by atoms with van der Waals surface area (Å²) in [6, 6.07) is 5.14. The van der Waals surface area contributed by atoms with E-state index >= 15 is 0 Å². The molecule has 124 valence electrons. The SMILES string of the molecule is Cc1cccc(OC2OC(CO)C(O)C(O)C2O)c1C(C)O. The van der Waals surface area contributed by atoms with Crippen LogP contribution in [0.4, 0.5) is 0 Å². The van der Waals surface area contributed by atoms with Gasteiger partial charge in [-0.3, -0.25) is 0 Å². The Hall–Kier alpha value is -1.22. The van der Waals surface area contributed by atoms with E-state index in [4.69, 9.17) is 14.6 Å². The molecular formula is C15H22O7. The summed E-state index contributed by atoms with van der Waals surface area (Å²) in [5.74, 6) is 0.305. The Morgan fingerprint density at radius 3 is 2.45 bits per heavy atom. The summed E-state index contributed by atoms with van der Waals surface area (Å²) in [6.07, 6.45) is -7.52. The van der Waals surface area contributed by atoms with Crippen molar-refractivity contribution in [1.82, 2.24) is 0 Å². The van der Waals surface area contributed by atoms with Gasteiger partial charge in [0.2, 0.25) is 6.29 Å². The quantitative estimate of drug-likeness (QED) is 0.495. The molecule has 1 aromatic carbocycles. The molecule has 0 amide bonds. The van der Waals surface area contributed by atoms with E-state index in [1.807, 2.05) is 13.0 Å². The minimum Gasteiger partial charge on any atom is -0.462 e. The van der Waals surface area contributed by atoms with Crippen LogP contribution in [0.2, 0.25) is 0 Å². The Morgan fingerprint density at radius 1 is 1.18 bits per heavy atom. The van der Waals surface area contributed by atoms with Crippen LogP contribution < -0.4 is 4.74 Å². The topological polar surface area (TPSA) is 120 Å². The monoisotopic (exact) mass is 314 g/mol. The highest BCUT2D eigenvalue weighted by Gasteiger charge is 2.44. The zero-order chi connectivity index (χ0) is 16.4. The van der Waals surface area contributed by atoms with Crippen LogP contribution in [-0.4, -0.2) is 62.8 Å². The van der Waals surface area contributed by atoms with Gasteiger partial charge in [0, 0.05) is 5.56 Å². The van der Waals surface area contributed by atoms with Crippen molar-refractivity contribution < 1.29 is 35.0 Å². The molecule has 1 fully saturated rings. The lowest BCUT2D eigenvalue weighted by Gasteiger charge is -2.39.